The molecule has 174 valence electrons. The first kappa shape index (κ1) is 24.6. The van der Waals surface area contributed by atoms with E-state index in [1.807, 2.05) is 25.1 Å². The molecule has 2 aromatic carbocycles. The normalized spacial score (nSPS) is 15.0. The van der Waals surface area contributed by atoms with E-state index in [2.05, 4.69) is 23.9 Å². The number of halogens is 1. The number of hydrogen-bond acceptors (Lipinski definition) is 4. The summed E-state index contributed by atoms with van der Waals surface area (Å²) < 4.78 is 33.7. The van der Waals surface area contributed by atoms with Crippen molar-refractivity contribution in [2.24, 2.45) is 0 Å². The van der Waals surface area contributed by atoms with Gasteiger partial charge in [0.05, 0.1) is 9.92 Å². The third-order valence-electron chi connectivity index (χ3n) is 5.69. The van der Waals surface area contributed by atoms with Gasteiger partial charge in [-0.1, -0.05) is 62.9 Å². The molecule has 0 heterocycles. The number of aryl methyl sites for hydroxylation is 1. The summed E-state index contributed by atoms with van der Waals surface area (Å²) in [6.07, 6.45) is 4.91. The highest BCUT2D eigenvalue weighted by molar-refractivity contribution is 7.89. The van der Waals surface area contributed by atoms with E-state index in [1.54, 1.807) is 0 Å². The first-order valence-electron chi connectivity index (χ1n) is 11.0. The Morgan fingerprint density at radius 3 is 2.53 bits per heavy atom. The van der Waals surface area contributed by atoms with E-state index in [9.17, 15) is 13.2 Å². The SMILES string of the molecule is Cc1cccc(C(C)C)c1NC(=O)COc1ccc(S(=O)(=O)NC2CCCCC2)cc1Cl. The maximum atomic E-state index is 12.7. The number of ether oxygens (including phenoxy) is 1. The minimum Gasteiger partial charge on any atom is -0.482 e. The summed E-state index contributed by atoms with van der Waals surface area (Å²) in [5, 5.41) is 3.06. The zero-order chi connectivity index (χ0) is 23.3. The first-order chi connectivity index (χ1) is 15.2. The van der Waals surface area contributed by atoms with Crippen molar-refractivity contribution in [1.82, 2.24) is 4.72 Å². The van der Waals surface area contributed by atoms with E-state index in [0.717, 1.165) is 48.9 Å². The molecule has 0 saturated heterocycles. The van der Waals surface area contributed by atoms with Gasteiger partial charge in [-0.05, 0) is 55.0 Å². The molecule has 32 heavy (non-hydrogen) atoms. The summed E-state index contributed by atoms with van der Waals surface area (Å²) in [6.45, 7) is 5.84. The van der Waals surface area contributed by atoms with Crippen molar-refractivity contribution in [2.75, 3.05) is 11.9 Å². The summed E-state index contributed by atoms with van der Waals surface area (Å²) >= 11 is 6.26. The van der Waals surface area contributed by atoms with Gasteiger partial charge in [-0.2, -0.15) is 0 Å². The van der Waals surface area contributed by atoms with E-state index >= 15 is 0 Å². The maximum Gasteiger partial charge on any atom is 0.262 e. The van der Waals surface area contributed by atoms with Crippen molar-refractivity contribution in [1.29, 1.82) is 0 Å². The number of amides is 1. The Morgan fingerprint density at radius 1 is 1.16 bits per heavy atom. The van der Waals surface area contributed by atoms with Crippen LogP contribution in [0.1, 0.15) is 63.0 Å². The molecule has 0 unspecified atom stereocenters. The molecule has 1 amide bonds. The van der Waals surface area contributed by atoms with Gasteiger partial charge in [0.1, 0.15) is 5.75 Å². The van der Waals surface area contributed by atoms with Gasteiger partial charge in [-0.25, -0.2) is 13.1 Å². The molecule has 1 fully saturated rings. The lowest BCUT2D eigenvalue weighted by Crippen LogP contribution is -2.36. The second-order valence-corrected chi connectivity index (χ2v) is 10.7. The van der Waals surface area contributed by atoms with Gasteiger partial charge in [0, 0.05) is 11.7 Å². The van der Waals surface area contributed by atoms with Gasteiger partial charge in [-0.3, -0.25) is 4.79 Å². The molecule has 0 atom stereocenters. The molecule has 0 aliphatic heterocycles. The number of hydrogen-bond donors (Lipinski definition) is 2. The topological polar surface area (TPSA) is 84.5 Å². The van der Waals surface area contributed by atoms with Crippen LogP contribution in [0, 0.1) is 6.92 Å². The second-order valence-electron chi connectivity index (χ2n) is 8.58. The van der Waals surface area contributed by atoms with Crippen LogP contribution in [0.5, 0.6) is 5.75 Å². The van der Waals surface area contributed by atoms with Crippen molar-refractivity contribution in [3.8, 4) is 5.75 Å². The highest BCUT2D eigenvalue weighted by Crippen LogP contribution is 2.29. The zero-order valence-electron chi connectivity index (χ0n) is 18.8. The molecular formula is C24H31ClN2O4S. The highest BCUT2D eigenvalue weighted by atomic mass is 35.5. The van der Waals surface area contributed by atoms with Crippen LogP contribution in [0.25, 0.3) is 0 Å². The number of nitrogens with one attached hydrogen (secondary N) is 2. The van der Waals surface area contributed by atoms with Gasteiger partial charge in [-0.15, -0.1) is 0 Å². The fraction of sp³-hybridized carbons (Fsp3) is 0.458. The maximum absolute atomic E-state index is 12.7. The molecule has 0 aromatic heterocycles. The number of sulfonamides is 1. The van der Waals surface area contributed by atoms with Crippen LogP contribution in [-0.4, -0.2) is 27.0 Å². The van der Waals surface area contributed by atoms with E-state index in [1.165, 1.54) is 18.2 Å². The Bertz CT molecular complexity index is 1060. The van der Waals surface area contributed by atoms with Gasteiger partial charge in [0.25, 0.3) is 5.91 Å². The molecular weight excluding hydrogens is 448 g/mol. The van der Waals surface area contributed by atoms with Crippen molar-refractivity contribution in [3.05, 3.63) is 52.5 Å². The molecule has 0 bridgehead atoms. The average Bonchev–Trinajstić information content (AvgIpc) is 2.74. The summed E-state index contributed by atoms with van der Waals surface area (Å²) in [5.41, 5.74) is 2.82. The smallest absolute Gasteiger partial charge is 0.262 e. The molecule has 1 aliphatic carbocycles. The second kappa shape index (κ2) is 10.7. The molecule has 1 aliphatic rings. The zero-order valence-corrected chi connectivity index (χ0v) is 20.4. The lowest BCUT2D eigenvalue weighted by Gasteiger charge is -2.22. The Hall–Kier alpha value is -2.09. The number of carbonyl (C=O) groups is 1. The number of carbonyl (C=O) groups excluding carboxylic acids is 1. The fourth-order valence-corrected chi connectivity index (χ4v) is 5.57. The van der Waals surface area contributed by atoms with Crippen LogP contribution in [0.2, 0.25) is 5.02 Å². The van der Waals surface area contributed by atoms with E-state index in [4.69, 9.17) is 16.3 Å². The monoisotopic (exact) mass is 478 g/mol. The fourth-order valence-electron chi connectivity index (χ4n) is 3.93. The Kier molecular flexibility index (Phi) is 8.20. The predicted octanol–water partition coefficient (Wildman–Crippen LogP) is 5.40. The summed E-state index contributed by atoms with van der Waals surface area (Å²) in [6, 6.07) is 10.2. The van der Waals surface area contributed by atoms with Gasteiger partial charge in [0.15, 0.2) is 6.61 Å². The lowest BCUT2D eigenvalue weighted by molar-refractivity contribution is -0.118. The largest absolute Gasteiger partial charge is 0.482 e. The van der Waals surface area contributed by atoms with Gasteiger partial charge >= 0.3 is 0 Å². The Balaban J connectivity index is 1.63. The minimum absolute atomic E-state index is 0.0377. The molecule has 0 spiro atoms. The number of anilines is 1. The van der Waals surface area contributed by atoms with Crippen LogP contribution in [-0.2, 0) is 14.8 Å². The van der Waals surface area contributed by atoms with Crippen LogP contribution in [0.15, 0.2) is 41.3 Å². The Morgan fingerprint density at radius 2 is 1.88 bits per heavy atom. The van der Waals surface area contributed by atoms with E-state index in [-0.39, 0.29) is 40.1 Å². The molecule has 1 saturated carbocycles. The summed E-state index contributed by atoms with van der Waals surface area (Å²) in [7, 11) is -3.66. The number of para-hydroxylation sites is 1. The van der Waals surface area contributed by atoms with Crippen LogP contribution >= 0.6 is 11.6 Å². The van der Waals surface area contributed by atoms with Gasteiger partial charge in [0.2, 0.25) is 10.0 Å². The average molecular weight is 479 g/mol. The lowest BCUT2D eigenvalue weighted by atomic mass is 9.96. The van der Waals surface area contributed by atoms with Crippen molar-refractivity contribution in [2.45, 2.75) is 69.7 Å². The minimum atomic E-state index is -3.66. The van der Waals surface area contributed by atoms with Crippen molar-refractivity contribution >= 4 is 33.2 Å². The highest BCUT2D eigenvalue weighted by Gasteiger charge is 2.23. The summed E-state index contributed by atoms with van der Waals surface area (Å²) in [5.74, 6) is 0.206. The van der Waals surface area contributed by atoms with Crippen molar-refractivity contribution in [3.63, 3.8) is 0 Å². The van der Waals surface area contributed by atoms with E-state index < -0.39 is 10.0 Å². The summed E-state index contributed by atoms with van der Waals surface area (Å²) in [4.78, 5) is 12.6. The van der Waals surface area contributed by atoms with Crippen LogP contribution in [0.4, 0.5) is 5.69 Å². The molecule has 8 heteroatoms. The molecule has 2 aromatic rings. The molecule has 6 nitrogen and oxygen atoms in total. The number of benzene rings is 2. The third kappa shape index (κ3) is 6.24. The predicted molar refractivity (Wildman–Crippen MR) is 128 cm³/mol. The molecule has 2 N–H and O–H groups in total. The van der Waals surface area contributed by atoms with Crippen LogP contribution in [0.3, 0.4) is 0 Å². The van der Waals surface area contributed by atoms with Crippen LogP contribution < -0.4 is 14.8 Å². The quantitative estimate of drug-likeness (QED) is 0.532. The first-order valence-corrected chi connectivity index (χ1v) is 12.9. The van der Waals surface area contributed by atoms with Gasteiger partial charge < -0.3 is 10.1 Å². The van der Waals surface area contributed by atoms with Crippen molar-refractivity contribution < 1.29 is 17.9 Å². The third-order valence-corrected chi connectivity index (χ3v) is 7.50. The Labute approximate surface area is 195 Å². The molecule has 0 radical (unpaired) electrons. The standard InChI is InChI=1S/C24H31ClN2O4S/c1-16(2)20-11-7-8-17(3)24(20)26-23(28)15-31-22-13-12-19(14-21(22)25)32(29,30)27-18-9-5-4-6-10-18/h7-8,11-14,16,18,27H,4-6,9-10,15H2,1-3H3,(H,26,28). The van der Waals surface area contributed by atoms with E-state index in [0.29, 0.717) is 0 Å². The number of rotatable bonds is 8. The molecule has 3 rings (SSSR count).